The zero-order valence-electron chi connectivity index (χ0n) is 15.0. The maximum Gasteiger partial charge on any atom is 0.227 e. The topological polar surface area (TPSA) is 110 Å². The normalized spacial score (nSPS) is 11.0. The summed E-state index contributed by atoms with van der Waals surface area (Å²) in [4.78, 5) is 24.2. The Morgan fingerprint density at radius 3 is 1.85 bits per heavy atom. The van der Waals surface area contributed by atoms with Crippen molar-refractivity contribution in [3.8, 4) is 17.2 Å². The van der Waals surface area contributed by atoms with Crippen molar-refractivity contribution in [2.75, 3.05) is 7.11 Å². The molecular formula is C20H18O7. The van der Waals surface area contributed by atoms with Crippen molar-refractivity contribution < 1.29 is 23.8 Å². The van der Waals surface area contributed by atoms with Crippen molar-refractivity contribution in [2.24, 2.45) is 0 Å². The average Bonchev–Trinajstić information content (AvgIpc) is 2.63. The Balaban J connectivity index is 2.43. The van der Waals surface area contributed by atoms with Gasteiger partial charge in [0.05, 0.1) is 7.11 Å². The van der Waals surface area contributed by atoms with Gasteiger partial charge in [-0.2, -0.15) is 0 Å². The molecule has 0 amide bonds. The molecule has 3 rings (SSSR count). The lowest BCUT2D eigenvalue weighted by molar-refractivity contribution is 0.340. The fourth-order valence-corrected chi connectivity index (χ4v) is 2.95. The minimum absolute atomic E-state index is 0.159. The van der Waals surface area contributed by atoms with E-state index in [9.17, 15) is 19.8 Å². The molecule has 7 heteroatoms. The van der Waals surface area contributed by atoms with Crippen LogP contribution in [0.4, 0.5) is 0 Å². The summed E-state index contributed by atoms with van der Waals surface area (Å²) in [6.45, 7) is 3.10. The van der Waals surface area contributed by atoms with E-state index in [2.05, 4.69) is 0 Å². The van der Waals surface area contributed by atoms with E-state index in [1.165, 1.54) is 7.11 Å². The predicted molar refractivity (Wildman–Crippen MR) is 96.7 cm³/mol. The van der Waals surface area contributed by atoms with Crippen molar-refractivity contribution in [2.45, 2.75) is 19.8 Å². The largest absolute Gasteiger partial charge is 0.502 e. The van der Waals surface area contributed by atoms with Crippen LogP contribution < -0.4 is 15.6 Å². The third-order valence-corrected chi connectivity index (χ3v) is 4.12. The molecule has 140 valence electrons. The van der Waals surface area contributed by atoms with Gasteiger partial charge in [0, 0.05) is 17.7 Å². The molecule has 0 unspecified atom stereocenters. The van der Waals surface area contributed by atoms with E-state index in [0.29, 0.717) is 11.3 Å². The Labute approximate surface area is 154 Å². The Morgan fingerprint density at radius 1 is 0.889 bits per heavy atom. The Kier molecular flexibility index (Phi) is 4.77. The highest BCUT2D eigenvalue weighted by Crippen LogP contribution is 2.42. The molecule has 0 aliphatic carbocycles. The van der Waals surface area contributed by atoms with Gasteiger partial charge >= 0.3 is 0 Å². The lowest BCUT2D eigenvalue weighted by atomic mass is 9.91. The number of ether oxygens (including phenoxy) is 1. The van der Waals surface area contributed by atoms with Gasteiger partial charge in [0.2, 0.25) is 22.4 Å². The molecule has 0 spiro atoms. The smallest absolute Gasteiger partial charge is 0.227 e. The summed E-state index contributed by atoms with van der Waals surface area (Å²) < 4.78 is 16.6. The number of hydrogen-bond acceptors (Lipinski definition) is 7. The van der Waals surface area contributed by atoms with Gasteiger partial charge in [0.25, 0.3) is 0 Å². The van der Waals surface area contributed by atoms with Gasteiger partial charge < -0.3 is 23.8 Å². The van der Waals surface area contributed by atoms with Crippen LogP contribution in [0.1, 0.15) is 34.5 Å². The highest BCUT2D eigenvalue weighted by atomic mass is 16.5. The predicted octanol–water partition coefficient (Wildman–Crippen LogP) is 2.81. The Morgan fingerprint density at radius 2 is 1.37 bits per heavy atom. The number of aromatic hydroxyl groups is 2. The van der Waals surface area contributed by atoms with E-state index in [1.807, 2.05) is 0 Å². The SMILES string of the molecule is COc1ccccc1C(c1oc(C)cc(=O)c1O)c1oc(C)cc(=O)c1O. The number of methoxy groups -OCH3 is 1. The first kappa shape index (κ1) is 18.3. The van der Waals surface area contributed by atoms with Crippen LogP contribution in [0.25, 0.3) is 0 Å². The molecule has 7 nitrogen and oxygen atoms in total. The Bertz CT molecular complexity index is 1040. The molecule has 2 N–H and O–H groups in total. The third kappa shape index (κ3) is 3.31. The highest BCUT2D eigenvalue weighted by Gasteiger charge is 2.32. The summed E-state index contributed by atoms with van der Waals surface area (Å²) in [5, 5.41) is 20.7. The van der Waals surface area contributed by atoms with Gasteiger partial charge in [-0.3, -0.25) is 9.59 Å². The molecule has 0 radical (unpaired) electrons. The maximum absolute atomic E-state index is 12.1. The second-order valence-electron chi connectivity index (χ2n) is 6.04. The third-order valence-electron chi connectivity index (χ3n) is 4.12. The summed E-state index contributed by atoms with van der Waals surface area (Å²) in [6, 6.07) is 9.05. The van der Waals surface area contributed by atoms with E-state index in [4.69, 9.17) is 13.6 Å². The molecule has 2 heterocycles. The van der Waals surface area contributed by atoms with Crippen molar-refractivity contribution in [1.82, 2.24) is 0 Å². The first-order chi connectivity index (χ1) is 12.8. The van der Waals surface area contributed by atoms with E-state index in [1.54, 1.807) is 38.1 Å². The molecule has 0 saturated heterocycles. The number of aryl methyl sites for hydroxylation is 2. The second-order valence-corrected chi connectivity index (χ2v) is 6.04. The molecule has 1 aromatic carbocycles. The molecular weight excluding hydrogens is 352 g/mol. The first-order valence-corrected chi connectivity index (χ1v) is 8.13. The fourth-order valence-electron chi connectivity index (χ4n) is 2.95. The van der Waals surface area contributed by atoms with Crippen molar-refractivity contribution >= 4 is 0 Å². The fraction of sp³-hybridized carbons (Fsp3) is 0.200. The van der Waals surface area contributed by atoms with E-state index >= 15 is 0 Å². The average molecular weight is 370 g/mol. The second kappa shape index (κ2) is 7.03. The number of benzene rings is 1. The molecule has 0 aliphatic rings. The monoisotopic (exact) mass is 370 g/mol. The number of para-hydroxylation sites is 1. The van der Waals surface area contributed by atoms with Crippen molar-refractivity contribution in [3.63, 3.8) is 0 Å². The van der Waals surface area contributed by atoms with Crippen LogP contribution in [-0.2, 0) is 0 Å². The molecule has 27 heavy (non-hydrogen) atoms. The minimum Gasteiger partial charge on any atom is -0.502 e. The molecule has 3 aromatic rings. The number of hydrogen-bond donors (Lipinski definition) is 2. The zero-order chi connectivity index (χ0) is 19.7. The van der Waals surface area contributed by atoms with Gasteiger partial charge in [-0.25, -0.2) is 0 Å². The summed E-state index contributed by atoms with van der Waals surface area (Å²) in [5.74, 6) is -1.78. The van der Waals surface area contributed by atoms with Crippen LogP contribution >= 0.6 is 0 Å². The highest BCUT2D eigenvalue weighted by molar-refractivity contribution is 5.50. The summed E-state index contributed by atoms with van der Waals surface area (Å²) in [6.07, 6.45) is 0. The molecule has 0 atom stereocenters. The Hall–Kier alpha value is -3.48. The van der Waals surface area contributed by atoms with Gasteiger partial charge in [0.15, 0.2) is 11.5 Å². The maximum atomic E-state index is 12.1. The van der Waals surface area contributed by atoms with Crippen LogP contribution in [0.15, 0.2) is 54.8 Å². The molecule has 2 aromatic heterocycles. The molecule has 0 aliphatic heterocycles. The van der Waals surface area contributed by atoms with E-state index < -0.39 is 28.3 Å². The lowest BCUT2D eigenvalue weighted by Crippen LogP contribution is -2.14. The van der Waals surface area contributed by atoms with E-state index in [-0.39, 0.29) is 23.0 Å². The van der Waals surface area contributed by atoms with Crippen LogP contribution in [0, 0.1) is 13.8 Å². The summed E-state index contributed by atoms with van der Waals surface area (Å²) >= 11 is 0. The van der Waals surface area contributed by atoms with Crippen molar-refractivity contribution in [3.05, 3.63) is 85.4 Å². The van der Waals surface area contributed by atoms with Crippen LogP contribution in [0.2, 0.25) is 0 Å². The molecule has 0 saturated carbocycles. The summed E-state index contributed by atoms with van der Waals surface area (Å²) in [7, 11) is 1.45. The van der Waals surface area contributed by atoms with Gasteiger partial charge in [-0.1, -0.05) is 18.2 Å². The van der Waals surface area contributed by atoms with Crippen molar-refractivity contribution in [1.29, 1.82) is 0 Å². The quantitative estimate of drug-likeness (QED) is 0.726. The summed E-state index contributed by atoms with van der Waals surface area (Å²) in [5.41, 5.74) is -0.862. The molecule has 0 bridgehead atoms. The van der Waals surface area contributed by atoms with Crippen LogP contribution in [0.5, 0.6) is 17.2 Å². The molecule has 0 fully saturated rings. The van der Waals surface area contributed by atoms with Gasteiger partial charge in [-0.05, 0) is 19.9 Å². The van der Waals surface area contributed by atoms with E-state index in [0.717, 1.165) is 12.1 Å². The minimum atomic E-state index is -1.08. The lowest BCUT2D eigenvalue weighted by Gasteiger charge is -2.20. The zero-order valence-corrected chi connectivity index (χ0v) is 15.0. The van der Waals surface area contributed by atoms with Crippen LogP contribution in [0.3, 0.4) is 0 Å². The standard InChI is InChI=1S/C20H18O7/c1-10-8-13(21)17(23)19(26-10)16(12-6-4-5-7-15(12)25-3)20-18(24)14(22)9-11(2)27-20/h4-9,16,23-24H,1-3H3. The van der Waals surface area contributed by atoms with Gasteiger partial charge in [-0.15, -0.1) is 0 Å². The number of rotatable bonds is 4. The van der Waals surface area contributed by atoms with Crippen LogP contribution in [-0.4, -0.2) is 17.3 Å². The first-order valence-electron chi connectivity index (χ1n) is 8.13. The van der Waals surface area contributed by atoms with Gasteiger partial charge in [0.1, 0.15) is 23.2 Å².